The van der Waals surface area contributed by atoms with Gasteiger partial charge in [-0.3, -0.25) is 0 Å². The Morgan fingerprint density at radius 2 is 1.58 bits per heavy atom. The van der Waals surface area contributed by atoms with Gasteiger partial charge in [0.25, 0.3) is 11.2 Å². The number of rotatable bonds is 6. The van der Waals surface area contributed by atoms with Gasteiger partial charge >= 0.3 is 11.9 Å². The molecule has 2 rings (SSSR count). The molecule has 0 amide bonds. The van der Waals surface area contributed by atoms with Gasteiger partial charge in [-0.15, -0.1) is 0 Å². The molecular formula is C14H10Cl4N2O6. The molecule has 26 heavy (non-hydrogen) atoms. The maximum Gasteiger partial charge on any atom is 0.340 e. The van der Waals surface area contributed by atoms with E-state index < -0.39 is 34.8 Å². The molecule has 1 aromatic carbocycles. The van der Waals surface area contributed by atoms with Crippen molar-refractivity contribution in [2.45, 2.75) is 22.9 Å². The number of esters is 2. The van der Waals surface area contributed by atoms with Crippen LogP contribution in [0, 0.1) is 10.1 Å². The van der Waals surface area contributed by atoms with Gasteiger partial charge in [0, 0.05) is 11.0 Å². The van der Waals surface area contributed by atoms with Crippen LogP contribution in [0.1, 0.15) is 11.4 Å². The molecule has 0 bridgehead atoms. The predicted molar refractivity (Wildman–Crippen MR) is 94.7 cm³/mol. The minimum atomic E-state index is -1.47. The zero-order valence-corrected chi connectivity index (χ0v) is 15.8. The number of ether oxygens (including phenoxy) is 2. The van der Waals surface area contributed by atoms with Crippen molar-refractivity contribution in [3.05, 3.63) is 45.8 Å². The number of hydrogen-bond acceptors (Lipinski definition) is 6. The van der Waals surface area contributed by atoms with Crippen molar-refractivity contribution >= 4 is 69.4 Å². The number of carbonyl (C=O) groups is 2. The standard InChI is InChI=1S/C14H10Cl4N2O6/c15-11(16)13(21)25-5-9-10(6-26-14(22)12(17)18)20(24)8-4-2-1-3-7(8)19(9)23/h1-4,11-12H,5-6H2. The molecule has 0 aliphatic carbocycles. The molecule has 0 aliphatic rings. The SMILES string of the molecule is O=C(OCc1c(COC(=O)C(Cl)Cl)[n+](=O)c2ccccc2n1[O-])C(Cl)Cl. The monoisotopic (exact) mass is 442 g/mol. The number of benzene rings is 1. The molecule has 0 saturated carbocycles. The number of para-hydroxylation sites is 2. The Bertz CT molecular complexity index is 899. The minimum Gasteiger partial charge on any atom is -0.805 e. The summed E-state index contributed by atoms with van der Waals surface area (Å²) >= 11 is 21.5. The Labute approximate surface area is 166 Å². The summed E-state index contributed by atoms with van der Waals surface area (Å²) in [5.74, 6) is -2.02. The van der Waals surface area contributed by atoms with Crippen LogP contribution in [0.5, 0.6) is 0 Å². The van der Waals surface area contributed by atoms with Gasteiger partial charge in [-0.05, 0) is 6.07 Å². The highest BCUT2D eigenvalue weighted by molar-refractivity contribution is 6.53. The van der Waals surface area contributed by atoms with Crippen LogP contribution >= 0.6 is 46.4 Å². The van der Waals surface area contributed by atoms with Crippen molar-refractivity contribution in [3.8, 4) is 0 Å². The molecule has 0 atom stereocenters. The van der Waals surface area contributed by atoms with Crippen LogP contribution in [-0.2, 0) is 32.3 Å². The van der Waals surface area contributed by atoms with Gasteiger partial charge in [0.1, 0.15) is 17.8 Å². The average molecular weight is 444 g/mol. The Morgan fingerprint density at radius 3 is 2.15 bits per heavy atom. The lowest BCUT2D eigenvalue weighted by molar-refractivity contribution is -0.479. The Morgan fingerprint density at radius 1 is 1.04 bits per heavy atom. The van der Waals surface area contributed by atoms with Gasteiger partial charge in [-0.2, -0.15) is 0 Å². The predicted octanol–water partition coefficient (Wildman–Crippen LogP) is 2.60. The molecule has 140 valence electrons. The summed E-state index contributed by atoms with van der Waals surface area (Å²) in [4.78, 5) is 32.5. The Kier molecular flexibility index (Phi) is 6.94. The number of halogens is 4. The second-order valence-corrected chi connectivity index (χ2v) is 6.98. The Balaban J connectivity index is 2.49. The number of nitrogens with zero attached hydrogens (tertiary/aromatic N) is 2. The van der Waals surface area contributed by atoms with E-state index in [1.165, 1.54) is 12.1 Å². The molecule has 0 unspecified atom stereocenters. The normalized spacial score (nSPS) is 11.2. The number of alkyl halides is 4. The highest BCUT2D eigenvalue weighted by atomic mass is 35.5. The van der Waals surface area contributed by atoms with E-state index in [2.05, 4.69) is 0 Å². The van der Waals surface area contributed by atoms with Gasteiger partial charge in [0.15, 0.2) is 6.61 Å². The van der Waals surface area contributed by atoms with Crippen LogP contribution in [0.2, 0.25) is 0 Å². The van der Waals surface area contributed by atoms with Crippen molar-refractivity contribution in [2.24, 2.45) is 0 Å². The van der Waals surface area contributed by atoms with E-state index in [0.29, 0.717) is 9.16 Å². The number of fused-ring (bicyclic) bond motifs is 1. The molecule has 1 heterocycles. The zero-order valence-electron chi connectivity index (χ0n) is 12.7. The molecule has 12 heteroatoms. The summed E-state index contributed by atoms with van der Waals surface area (Å²) < 4.78 is 10.4. The molecule has 0 spiro atoms. The number of aromatic nitrogens is 2. The largest absolute Gasteiger partial charge is 0.805 e. The zero-order chi connectivity index (χ0) is 19.4. The lowest BCUT2D eigenvalue weighted by atomic mass is 10.2. The Hall–Kier alpha value is -1.74. The van der Waals surface area contributed by atoms with E-state index in [9.17, 15) is 19.7 Å². The maximum atomic E-state index is 12.6. The first-order valence-electron chi connectivity index (χ1n) is 6.89. The van der Waals surface area contributed by atoms with E-state index in [1.54, 1.807) is 12.1 Å². The van der Waals surface area contributed by atoms with Gasteiger partial charge < -0.3 is 19.4 Å². The van der Waals surface area contributed by atoms with Crippen molar-refractivity contribution in [1.82, 2.24) is 4.73 Å². The summed E-state index contributed by atoms with van der Waals surface area (Å²) in [6.07, 6.45) is 0. The molecule has 0 radical (unpaired) electrons. The van der Waals surface area contributed by atoms with Gasteiger partial charge in [0.2, 0.25) is 9.67 Å². The lowest BCUT2D eigenvalue weighted by Gasteiger charge is -2.19. The fourth-order valence-corrected chi connectivity index (χ4v) is 2.27. The minimum absolute atomic E-state index is 0.0180. The molecule has 0 aliphatic heterocycles. The molecule has 0 fully saturated rings. The van der Waals surface area contributed by atoms with Crippen LogP contribution < -0.4 is 4.43 Å². The first-order valence-corrected chi connectivity index (χ1v) is 8.63. The molecule has 0 N–H and O–H groups in total. The topological polar surface area (TPSA) is 104 Å². The fraction of sp³-hybridized carbons (Fsp3) is 0.286. The highest BCUT2D eigenvalue weighted by Crippen LogP contribution is 2.17. The van der Waals surface area contributed by atoms with Crippen LogP contribution in [0.4, 0.5) is 0 Å². The summed E-state index contributed by atoms with van der Waals surface area (Å²) in [6, 6.07) is 5.89. The van der Waals surface area contributed by atoms with Gasteiger partial charge in [-0.1, -0.05) is 58.5 Å². The number of carbonyl (C=O) groups excluding carboxylic acids is 2. The molecule has 1 aromatic heterocycles. The first-order chi connectivity index (χ1) is 12.2. The summed E-state index contributed by atoms with van der Waals surface area (Å²) in [5, 5.41) is 12.6. The second-order valence-electron chi connectivity index (χ2n) is 4.79. The van der Waals surface area contributed by atoms with Crippen molar-refractivity contribution in [3.63, 3.8) is 0 Å². The third-order valence-corrected chi connectivity index (χ3v) is 3.91. The van der Waals surface area contributed by atoms with Crippen LogP contribution in [0.15, 0.2) is 24.3 Å². The van der Waals surface area contributed by atoms with Crippen LogP contribution in [-0.4, -0.2) is 26.3 Å². The van der Waals surface area contributed by atoms with E-state index in [0.717, 1.165) is 0 Å². The molecule has 8 nitrogen and oxygen atoms in total. The van der Waals surface area contributed by atoms with Crippen molar-refractivity contribution in [2.75, 3.05) is 0 Å². The summed E-state index contributed by atoms with van der Waals surface area (Å²) in [5.41, 5.74) is -0.502. The van der Waals surface area contributed by atoms with E-state index in [1.807, 2.05) is 0 Å². The maximum absolute atomic E-state index is 12.6. The number of hydrogen-bond donors (Lipinski definition) is 0. The lowest BCUT2D eigenvalue weighted by Crippen LogP contribution is -2.30. The molecular weight excluding hydrogens is 434 g/mol. The first kappa shape index (κ1) is 20.6. The van der Waals surface area contributed by atoms with Crippen molar-refractivity contribution < 1.29 is 23.5 Å². The van der Waals surface area contributed by atoms with Crippen molar-refractivity contribution in [1.29, 1.82) is 0 Å². The van der Waals surface area contributed by atoms with E-state index >= 15 is 0 Å². The fourth-order valence-electron chi connectivity index (χ4n) is 2.02. The third kappa shape index (κ3) is 4.50. The van der Waals surface area contributed by atoms with Crippen LogP contribution in [0.25, 0.3) is 11.0 Å². The van der Waals surface area contributed by atoms with Crippen LogP contribution in [0.3, 0.4) is 0 Å². The van der Waals surface area contributed by atoms with Gasteiger partial charge in [-0.25, -0.2) is 9.59 Å². The van der Waals surface area contributed by atoms with E-state index in [-0.39, 0.29) is 22.4 Å². The average Bonchev–Trinajstić information content (AvgIpc) is 2.61. The smallest absolute Gasteiger partial charge is 0.340 e. The van der Waals surface area contributed by atoms with E-state index in [4.69, 9.17) is 55.9 Å². The highest BCUT2D eigenvalue weighted by Gasteiger charge is 2.26. The summed E-state index contributed by atoms with van der Waals surface area (Å²) in [7, 11) is 0. The van der Waals surface area contributed by atoms with Gasteiger partial charge in [0.05, 0.1) is 4.43 Å². The molecule has 2 aromatic rings. The summed E-state index contributed by atoms with van der Waals surface area (Å²) in [6.45, 7) is -1.24. The third-order valence-electron chi connectivity index (χ3n) is 3.20. The second kappa shape index (κ2) is 8.77. The quantitative estimate of drug-likeness (QED) is 0.386. The molecule has 0 saturated heterocycles.